The van der Waals surface area contributed by atoms with Crippen LogP contribution in [-0.2, 0) is 19.6 Å². The van der Waals surface area contributed by atoms with Gasteiger partial charge in [0.15, 0.2) is 0 Å². The van der Waals surface area contributed by atoms with Gasteiger partial charge in [0.05, 0.1) is 10.6 Å². The summed E-state index contributed by atoms with van der Waals surface area (Å²) in [4.78, 5) is 24.9. The molecule has 1 atom stereocenters. The van der Waals surface area contributed by atoms with Crippen molar-refractivity contribution in [2.24, 2.45) is 5.92 Å². The van der Waals surface area contributed by atoms with Gasteiger partial charge < -0.3 is 0 Å². The van der Waals surface area contributed by atoms with Gasteiger partial charge >= 0.3 is 0 Å². The third kappa shape index (κ3) is 2.56. The molecule has 2 heterocycles. The Bertz CT molecular complexity index is 767. The zero-order chi connectivity index (χ0) is 16.9. The van der Waals surface area contributed by atoms with Crippen LogP contribution in [0.25, 0.3) is 0 Å². The van der Waals surface area contributed by atoms with Gasteiger partial charge in [0.1, 0.15) is 0 Å². The van der Waals surface area contributed by atoms with Gasteiger partial charge in [-0.25, -0.2) is 8.42 Å². The summed E-state index contributed by atoms with van der Waals surface area (Å²) < 4.78 is 27.5. The standard InChI is InChI=1S/C17H20N2O4S/c20-16-9-10-17(21)19(16)13-5-7-14(8-6-13)24(22,23)18-11-1-2-15(18)12-3-4-12/h5-8,12,15H,1-4,9-11H2. The third-order valence-electron chi connectivity index (χ3n) is 5.17. The maximum atomic E-state index is 12.9. The monoisotopic (exact) mass is 348 g/mol. The van der Waals surface area contributed by atoms with E-state index in [0.29, 0.717) is 18.2 Å². The van der Waals surface area contributed by atoms with Gasteiger partial charge in [-0.3, -0.25) is 14.5 Å². The van der Waals surface area contributed by atoms with Gasteiger partial charge in [0.2, 0.25) is 21.8 Å². The van der Waals surface area contributed by atoms with Crippen molar-refractivity contribution in [1.82, 2.24) is 4.31 Å². The molecule has 1 aromatic rings. The van der Waals surface area contributed by atoms with Crippen molar-refractivity contribution in [2.45, 2.75) is 49.5 Å². The molecule has 24 heavy (non-hydrogen) atoms. The molecule has 2 saturated heterocycles. The van der Waals surface area contributed by atoms with E-state index in [0.717, 1.165) is 30.6 Å². The minimum atomic E-state index is -3.52. The number of carbonyl (C=O) groups is 2. The van der Waals surface area contributed by atoms with E-state index in [1.807, 2.05) is 0 Å². The van der Waals surface area contributed by atoms with Crippen LogP contribution in [0.1, 0.15) is 38.5 Å². The molecule has 4 rings (SSSR count). The van der Waals surface area contributed by atoms with Crippen LogP contribution in [0.2, 0.25) is 0 Å². The van der Waals surface area contributed by atoms with Crippen molar-refractivity contribution >= 4 is 27.5 Å². The SMILES string of the molecule is O=C1CCC(=O)N1c1ccc(S(=O)(=O)N2CCCC2C2CC2)cc1. The van der Waals surface area contributed by atoms with E-state index in [1.165, 1.54) is 12.1 Å². The number of imide groups is 1. The smallest absolute Gasteiger partial charge is 0.243 e. The highest BCUT2D eigenvalue weighted by atomic mass is 32.2. The Hall–Kier alpha value is -1.73. The first kappa shape index (κ1) is 15.8. The van der Waals surface area contributed by atoms with E-state index in [1.54, 1.807) is 16.4 Å². The Morgan fingerprint density at radius 1 is 0.917 bits per heavy atom. The van der Waals surface area contributed by atoms with Crippen molar-refractivity contribution in [1.29, 1.82) is 0 Å². The fraction of sp³-hybridized carbons (Fsp3) is 0.529. The van der Waals surface area contributed by atoms with Gasteiger partial charge in [-0.1, -0.05) is 0 Å². The molecule has 2 aliphatic heterocycles. The summed E-state index contributed by atoms with van der Waals surface area (Å²) in [6.45, 7) is 0.578. The second-order valence-electron chi connectivity index (χ2n) is 6.78. The van der Waals surface area contributed by atoms with Gasteiger partial charge in [0.25, 0.3) is 0 Å². The molecule has 3 fully saturated rings. The highest BCUT2D eigenvalue weighted by Crippen LogP contribution is 2.42. The van der Waals surface area contributed by atoms with E-state index in [2.05, 4.69) is 0 Å². The maximum absolute atomic E-state index is 12.9. The van der Waals surface area contributed by atoms with E-state index < -0.39 is 10.0 Å². The predicted octanol–water partition coefficient (Wildman–Crippen LogP) is 1.90. The fourth-order valence-electron chi connectivity index (χ4n) is 3.78. The molecule has 1 aromatic carbocycles. The summed E-state index contributed by atoms with van der Waals surface area (Å²) in [6, 6.07) is 6.25. The number of anilines is 1. The zero-order valence-corrected chi connectivity index (χ0v) is 14.2. The van der Waals surface area contributed by atoms with Crippen molar-refractivity contribution in [2.75, 3.05) is 11.4 Å². The van der Waals surface area contributed by atoms with Crippen molar-refractivity contribution < 1.29 is 18.0 Å². The molecular formula is C17H20N2O4S. The molecule has 0 aromatic heterocycles. The van der Waals surface area contributed by atoms with Gasteiger partial charge in [-0.05, 0) is 55.9 Å². The Labute approximate surface area is 141 Å². The molecule has 6 nitrogen and oxygen atoms in total. The van der Waals surface area contributed by atoms with Gasteiger partial charge in [0, 0.05) is 25.4 Å². The second kappa shape index (κ2) is 5.67. The quantitative estimate of drug-likeness (QED) is 0.779. The van der Waals surface area contributed by atoms with Crippen LogP contribution in [0.15, 0.2) is 29.2 Å². The number of benzene rings is 1. The predicted molar refractivity (Wildman–Crippen MR) is 87.8 cm³/mol. The molecule has 1 unspecified atom stereocenters. The lowest BCUT2D eigenvalue weighted by Crippen LogP contribution is -2.36. The third-order valence-corrected chi connectivity index (χ3v) is 7.11. The maximum Gasteiger partial charge on any atom is 0.243 e. The Morgan fingerprint density at radius 2 is 1.54 bits per heavy atom. The van der Waals surface area contributed by atoms with Crippen molar-refractivity contribution in [3.05, 3.63) is 24.3 Å². The minimum Gasteiger partial charge on any atom is -0.274 e. The summed E-state index contributed by atoms with van der Waals surface area (Å²) in [6.07, 6.45) is 4.53. The van der Waals surface area contributed by atoms with Crippen LogP contribution in [0.5, 0.6) is 0 Å². The lowest BCUT2D eigenvalue weighted by molar-refractivity contribution is -0.121. The lowest BCUT2D eigenvalue weighted by Gasteiger charge is -2.24. The number of nitrogens with zero attached hydrogens (tertiary/aromatic N) is 2. The van der Waals surface area contributed by atoms with Crippen LogP contribution in [0.4, 0.5) is 5.69 Å². The molecule has 3 aliphatic rings. The number of hydrogen-bond acceptors (Lipinski definition) is 4. The average molecular weight is 348 g/mol. The minimum absolute atomic E-state index is 0.136. The molecule has 2 amide bonds. The molecule has 7 heteroatoms. The summed E-state index contributed by atoms with van der Waals surface area (Å²) in [5.41, 5.74) is 0.446. The van der Waals surface area contributed by atoms with E-state index in [4.69, 9.17) is 0 Å². The highest BCUT2D eigenvalue weighted by molar-refractivity contribution is 7.89. The van der Waals surface area contributed by atoms with Crippen LogP contribution < -0.4 is 4.90 Å². The first-order valence-corrected chi connectivity index (χ1v) is 9.90. The van der Waals surface area contributed by atoms with E-state index in [-0.39, 0.29) is 35.6 Å². The molecule has 1 aliphatic carbocycles. The highest BCUT2D eigenvalue weighted by Gasteiger charge is 2.43. The number of sulfonamides is 1. The Morgan fingerprint density at radius 3 is 2.12 bits per heavy atom. The van der Waals surface area contributed by atoms with Crippen LogP contribution in [0.3, 0.4) is 0 Å². The van der Waals surface area contributed by atoms with E-state index in [9.17, 15) is 18.0 Å². The molecule has 0 N–H and O–H groups in total. The largest absolute Gasteiger partial charge is 0.274 e. The number of hydrogen-bond donors (Lipinski definition) is 0. The number of rotatable bonds is 4. The van der Waals surface area contributed by atoms with Crippen LogP contribution in [0, 0.1) is 5.92 Å². The molecule has 0 spiro atoms. The van der Waals surface area contributed by atoms with Crippen molar-refractivity contribution in [3.63, 3.8) is 0 Å². The zero-order valence-electron chi connectivity index (χ0n) is 13.3. The summed E-state index contributed by atoms with van der Waals surface area (Å²) >= 11 is 0. The molecule has 0 bridgehead atoms. The number of carbonyl (C=O) groups excluding carboxylic acids is 2. The van der Waals surface area contributed by atoms with E-state index >= 15 is 0 Å². The topological polar surface area (TPSA) is 74.8 Å². The summed E-state index contributed by atoms with van der Waals surface area (Å²) in [5, 5.41) is 0. The fourth-order valence-corrected chi connectivity index (χ4v) is 5.54. The molecule has 128 valence electrons. The second-order valence-corrected chi connectivity index (χ2v) is 8.67. The molecule has 0 radical (unpaired) electrons. The molecular weight excluding hydrogens is 328 g/mol. The Balaban J connectivity index is 1.60. The Kier molecular flexibility index (Phi) is 3.73. The normalized spacial score (nSPS) is 25.7. The number of amides is 2. The average Bonchev–Trinajstić information content (AvgIpc) is 3.19. The lowest BCUT2D eigenvalue weighted by atomic mass is 10.1. The van der Waals surface area contributed by atoms with Crippen LogP contribution in [-0.4, -0.2) is 37.1 Å². The first-order valence-electron chi connectivity index (χ1n) is 8.46. The first-order chi connectivity index (χ1) is 11.5. The van der Waals surface area contributed by atoms with Gasteiger partial charge in [-0.2, -0.15) is 4.31 Å². The van der Waals surface area contributed by atoms with Gasteiger partial charge in [-0.15, -0.1) is 0 Å². The summed E-state index contributed by atoms with van der Waals surface area (Å²) in [5.74, 6) is 0.0503. The van der Waals surface area contributed by atoms with Crippen molar-refractivity contribution in [3.8, 4) is 0 Å². The summed E-state index contributed by atoms with van der Waals surface area (Å²) in [7, 11) is -3.52. The van der Waals surface area contributed by atoms with Crippen LogP contribution >= 0.6 is 0 Å². The molecule has 1 saturated carbocycles.